The van der Waals surface area contributed by atoms with E-state index in [0.717, 1.165) is 5.56 Å². The molecule has 5 nitrogen and oxygen atoms in total. The zero-order valence-corrected chi connectivity index (χ0v) is 17.6. The van der Waals surface area contributed by atoms with Crippen molar-refractivity contribution in [3.63, 3.8) is 0 Å². The molecule has 0 saturated carbocycles. The lowest BCUT2D eigenvalue weighted by Gasteiger charge is -2.29. The van der Waals surface area contributed by atoms with Crippen molar-refractivity contribution in [1.82, 2.24) is 10.2 Å². The molecule has 2 rings (SSSR count). The van der Waals surface area contributed by atoms with Gasteiger partial charge in [-0.3, -0.25) is 9.59 Å². The van der Waals surface area contributed by atoms with Crippen LogP contribution in [-0.4, -0.2) is 35.4 Å². The van der Waals surface area contributed by atoms with Crippen LogP contribution in [0.25, 0.3) is 0 Å². The minimum atomic E-state index is -0.681. The van der Waals surface area contributed by atoms with Gasteiger partial charge in [0.05, 0.1) is 0 Å². The van der Waals surface area contributed by atoms with Crippen LogP contribution in [-0.2, 0) is 16.1 Å². The molecule has 0 aromatic heterocycles. The number of nitrogens with zero attached hydrogens (tertiary/aromatic N) is 1. The molecule has 2 aromatic rings. The summed E-state index contributed by atoms with van der Waals surface area (Å²) in [4.78, 5) is 26.8. The number of hydrogen-bond donors (Lipinski definition) is 1. The first-order chi connectivity index (χ1) is 13.3. The molecule has 28 heavy (non-hydrogen) atoms. The van der Waals surface area contributed by atoms with Crippen LogP contribution in [0.15, 0.2) is 48.5 Å². The fourth-order valence-corrected chi connectivity index (χ4v) is 2.88. The Kier molecular flexibility index (Phi) is 8.15. The third-order valence-electron chi connectivity index (χ3n) is 4.07. The first-order valence-corrected chi connectivity index (χ1v) is 9.75. The maximum Gasteiger partial charge on any atom is 0.261 e. The van der Waals surface area contributed by atoms with Crippen molar-refractivity contribution >= 4 is 35.0 Å². The van der Waals surface area contributed by atoms with E-state index >= 15 is 0 Å². The van der Waals surface area contributed by atoms with E-state index in [0.29, 0.717) is 15.8 Å². The number of nitrogens with one attached hydrogen (secondary N) is 1. The summed E-state index contributed by atoms with van der Waals surface area (Å²) in [7, 11) is 0. The zero-order valence-electron chi connectivity index (χ0n) is 16.1. The number of halogens is 2. The van der Waals surface area contributed by atoms with Gasteiger partial charge >= 0.3 is 0 Å². The quantitative estimate of drug-likeness (QED) is 0.688. The van der Waals surface area contributed by atoms with E-state index in [1.165, 1.54) is 4.90 Å². The minimum Gasteiger partial charge on any atom is -0.484 e. The molecule has 7 heteroatoms. The second-order valence-corrected chi connectivity index (χ2v) is 7.54. The van der Waals surface area contributed by atoms with Crippen LogP contribution >= 0.6 is 23.2 Å². The standard InChI is InChI=1S/C21H24Cl2N2O3/c1-14(2)24-21(27)15(3)25(12-16-6-4-5-7-19(16)23)20(26)13-28-18-10-8-17(22)9-11-18/h4-11,14-15H,12-13H2,1-3H3,(H,24,27)/t15-/m1/s1. The summed E-state index contributed by atoms with van der Waals surface area (Å²) < 4.78 is 5.57. The van der Waals surface area contributed by atoms with Gasteiger partial charge in [-0.1, -0.05) is 41.4 Å². The topological polar surface area (TPSA) is 58.6 Å². The summed E-state index contributed by atoms with van der Waals surface area (Å²) in [5.74, 6) is -0.0297. The number of hydrogen-bond acceptors (Lipinski definition) is 3. The summed E-state index contributed by atoms with van der Waals surface area (Å²) in [6, 6.07) is 13.3. The minimum absolute atomic E-state index is 0.0301. The molecule has 0 aliphatic rings. The predicted octanol–water partition coefficient (Wildman–Crippen LogP) is 4.31. The Morgan fingerprint density at radius 2 is 1.68 bits per heavy atom. The number of amides is 2. The van der Waals surface area contributed by atoms with Crippen LogP contribution in [0.1, 0.15) is 26.3 Å². The molecule has 1 N–H and O–H groups in total. The van der Waals surface area contributed by atoms with Crippen LogP contribution in [0.2, 0.25) is 10.0 Å². The van der Waals surface area contributed by atoms with Gasteiger partial charge in [0.2, 0.25) is 5.91 Å². The second-order valence-electron chi connectivity index (χ2n) is 6.69. The van der Waals surface area contributed by atoms with Crippen LogP contribution < -0.4 is 10.1 Å². The van der Waals surface area contributed by atoms with Gasteiger partial charge in [0.15, 0.2) is 6.61 Å². The summed E-state index contributed by atoms with van der Waals surface area (Å²) in [5.41, 5.74) is 0.758. The lowest BCUT2D eigenvalue weighted by molar-refractivity contribution is -0.142. The summed E-state index contributed by atoms with van der Waals surface area (Å²) in [5, 5.41) is 3.96. The molecule has 0 unspecified atom stereocenters. The lowest BCUT2D eigenvalue weighted by Crippen LogP contribution is -2.50. The van der Waals surface area contributed by atoms with E-state index in [4.69, 9.17) is 27.9 Å². The Morgan fingerprint density at radius 3 is 2.29 bits per heavy atom. The molecule has 0 saturated heterocycles. The molecule has 0 aliphatic carbocycles. The Bertz CT molecular complexity index is 810. The number of carbonyl (C=O) groups is 2. The third kappa shape index (κ3) is 6.43. The van der Waals surface area contributed by atoms with Crippen LogP contribution in [0, 0.1) is 0 Å². The molecule has 2 amide bonds. The van der Waals surface area contributed by atoms with E-state index in [1.54, 1.807) is 37.3 Å². The first kappa shape index (κ1) is 22.1. The van der Waals surface area contributed by atoms with E-state index < -0.39 is 6.04 Å². The van der Waals surface area contributed by atoms with Crippen molar-refractivity contribution in [1.29, 1.82) is 0 Å². The first-order valence-electron chi connectivity index (χ1n) is 8.99. The van der Waals surface area contributed by atoms with Crippen LogP contribution in [0.5, 0.6) is 5.75 Å². The van der Waals surface area contributed by atoms with Crippen LogP contribution in [0.3, 0.4) is 0 Å². The van der Waals surface area contributed by atoms with E-state index in [1.807, 2.05) is 32.0 Å². The molecule has 1 atom stereocenters. The molecule has 0 bridgehead atoms. The maximum atomic E-state index is 12.9. The summed E-state index contributed by atoms with van der Waals surface area (Å²) in [6.45, 7) is 5.43. The lowest BCUT2D eigenvalue weighted by atomic mass is 10.1. The molecule has 2 aromatic carbocycles. The van der Waals surface area contributed by atoms with E-state index in [-0.39, 0.29) is 31.0 Å². The normalized spacial score (nSPS) is 11.8. The van der Waals surface area contributed by atoms with Crippen molar-refractivity contribution in [3.05, 3.63) is 64.1 Å². The smallest absolute Gasteiger partial charge is 0.261 e. The fraction of sp³-hybridized carbons (Fsp3) is 0.333. The van der Waals surface area contributed by atoms with E-state index in [9.17, 15) is 9.59 Å². The van der Waals surface area contributed by atoms with E-state index in [2.05, 4.69) is 5.32 Å². The average Bonchev–Trinajstić information content (AvgIpc) is 2.65. The highest BCUT2D eigenvalue weighted by molar-refractivity contribution is 6.31. The Morgan fingerprint density at radius 1 is 1.04 bits per heavy atom. The van der Waals surface area contributed by atoms with Gasteiger partial charge in [-0.2, -0.15) is 0 Å². The molecule has 0 heterocycles. The van der Waals surface area contributed by atoms with Crippen molar-refractivity contribution < 1.29 is 14.3 Å². The highest BCUT2D eigenvalue weighted by atomic mass is 35.5. The van der Waals surface area contributed by atoms with Gasteiger partial charge in [-0.05, 0) is 56.7 Å². The number of rotatable bonds is 8. The van der Waals surface area contributed by atoms with Gasteiger partial charge in [-0.25, -0.2) is 0 Å². The second kappa shape index (κ2) is 10.3. The van der Waals surface area contributed by atoms with Gasteiger partial charge in [0.1, 0.15) is 11.8 Å². The van der Waals surface area contributed by atoms with Crippen molar-refractivity contribution in [2.24, 2.45) is 0 Å². The highest BCUT2D eigenvalue weighted by Crippen LogP contribution is 2.20. The molecular formula is C21H24Cl2N2O3. The highest BCUT2D eigenvalue weighted by Gasteiger charge is 2.27. The number of ether oxygens (including phenoxy) is 1. The largest absolute Gasteiger partial charge is 0.484 e. The number of carbonyl (C=O) groups excluding carboxylic acids is 2. The maximum absolute atomic E-state index is 12.9. The van der Waals surface area contributed by atoms with Crippen molar-refractivity contribution in [3.8, 4) is 5.75 Å². The molecule has 0 radical (unpaired) electrons. The fourth-order valence-electron chi connectivity index (χ4n) is 2.56. The molecule has 0 fully saturated rings. The number of benzene rings is 2. The SMILES string of the molecule is CC(C)NC(=O)[C@@H](C)N(Cc1ccccc1Cl)C(=O)COc1ccc(Cl)cc1. The average molecular weight is 423 g/mol. The Hall–Kier alpha value is -2.24. The van der Waals surface area contributed by atoms with Gasteiger partial charge in [0.25, 0.3) is 5.91 Å². The molecule has 0 spiro atoms. The molecular weight excluding hydrogens is 399 g/mol. The molecule has 150 valence electrons. The van der Waals surface area contributed by atoms with Crippen molar-refractivity contribution in [2.45, 2.75) is 39.4 Å². The summed E-state index contributed by atoms with van der Waals surface area (Å²) >= 11 is 12.1. The van der Waals surface area contributed by atoms with Crippen LogP contribution in [0.4, 0.5) is 0 Å². The molecule has 0 aliphatic heterocycles. The Balaban J connectivity index is 2.15. The third-order valence-corrected chi connectivity index (χ3v) is 4.69. The summed E-state index contributed by atoms with van der Waals surface area (Å²) in [6.07, 6.45) is 0. The van der Waals surface area contributed by atoms with Gasteiger partial charge < -0.3 is 15.0 Å². The van der Waals surface area contributed by atoms with Crippen molar-refractivity contribution in [2.75, 3.05) is 6.61 Å². The van der Waals surface area contributed by atoms with Gasteiger partial charge in [0, 0.05) is 22.6 Å². The Labute approximate surface area is 175 Å². The predicted molar refractivity (Wildman–Crippen MR) is 112 cm³/mol. The zero-order chi connectivity index (χ0) is 20.7. The monoisotopic (exact) mass is 422 g/mol. The van der Waals surface area contributed by atoms with Gasteiger partial charge in [-0.15, -0.1) is 0 Å².